The first-order chi connectivity index (χ1) is 11.0. The third-order valence-electron chi connectivity index (χ3n) is 3.26. The van der Waals surface area contributed by atoms with E-state index in [4.69, 9.17) is 10.5 Å². The van der Waals surface area contributed by atoms with Crippen LogP contribution in [0.4, 0.5) is 11.4 Å². The average Bonchev–Trinajstić information content (AvgIpc) is 2.52. The average molecular weight is 386 g/mol. The first kappa shape index (κ1) is 23.1. The molecule has 138 valence electrons. The Hall–Kier alpha value is -1.95. The molecule has 2 rings (SSSR count). The second-order valence-electron chi connectivity index (χ2n) is 5.61. The molecular formula is C18H25Cl2N3O2. The fourth-order valence-corrected chi connectivity index (χ4v) is 2.12. The van der Waals surface area contributed by atoms with Crippen LogP contribution in [0.1, 0.15) is 16.8 Å². The minimum atomic E-state index is -0.193. The number of carbonyl (C=O) groups is 1. The van der Waals surface area contributed by atoms with Crippen molar-refractivity contribution in [2.24, 2.45) is 0 Å². The molecule has 25 heavy (non-hydrogen) atoms. The van der Waals surface area contributed by atoms with E-state index in [-0.39, 0.29) is 30.7 Å². The highest BCUT2D eigenvalue weighted by atomic mass is 35.5. The summed E-state index contributed by atoms with van der Waals surface area (Å²) in [6.45, 7) is 1.62. The van der Waals surface area contributed by atoms with Crippen molar-refractivity contribution in [2.45, 2.75) is 6.42 Å². The molecule has 0 aromatic heterocycles. The van der Waals surface area contributed by atoms with Gasteiger partial charge < -0.3 is 20.7 Å². The highest BCUT2D eigenvalue weighted by Crippen LogP contribution is 2.18. The van der Waals surface area contributed by atoms with Crippen molar-refractivity contribution in [3.05, 3.63) is 54.1 Å². The molecule has 0 atom stereocenters. The lowest BCUT2D eigenvalue weighted by Gasteiger charge is -2.11. The van der Waals surface area contributed by atoms with Crippen LogP contribution in [0.5, 0.6) is 5.75 Å². The van der Waals surface area contributed by atoms with Gasteiger partial charge in [-0.15, -0.1) is 24.8 Å². The van der Waals surface area contributed by atoms with Crippen LogP contribution in [0.15, 0.2) is 48.5 Å². The Morgan fingerprint density at radius 2 is 1.84 bits per heavy atom. The summed E-state index contributed by atoms with van der Waals surface area (Å²) in [5.74, 6) is 0.552. The molecule has 0 spiro atoms. The molecule has 0 unspecified atom stereocenters. The van der Waals surface area contributed by atoms with E-state index in [1.54, 1.807) is 24.3 Å². The predicted molar refractivity (Wildman–Crippen MR) is 108 cm³/mol. The molecule has 0 heterocycles. The van der Waals surface area contributed by atoms with E-state index >= 15 is 0 Å². The van der Waals surface area contributed by atoms with Gasteiger partial charge in [0.2, 0.25) is 0 Å². The van der Waals surface area contributed by atoms with Gasteiger partial charge in [0.25, 0.3) is 5.91 Å². The normalized spacial score (nSPS) is 9.72. The van der Waals surface area contributed by atoms with Gasteiger partial charge in [-0.2, -0.15) is 0 Å². The maximum absolute atomic E-state index is 12.2. The summed E-state index contributed by atoms with van der Waals surface area (Å²) in [5.41, 5.74) is 7.49. The Morgan fingerprint density at radius 3 is 2.52 bits per heavy atom. The van der Waals surface area contributed by atoms with E-state index in [1.165, 1.54) is 0 Å². The first-order valence-corrected chi connectivity index (χ1v) is 7.59. The molecule has 0 aliphatic carbocycles. The van der Waals surface area contributed by atoms with Gasteiger partial charge in [0.1, 0.15) is 5.75 Å². The molecule has 3 N–H and O–H groups in total. The second kappa shape index (κ2) is 11.6. The fraction of sp³-hybridized carbons (Fsp3) is 0.278. The van der Waals surface area contributed by atoms with Crippen molar-refractivity contribution in [2.75, 3.05) is 38.3 Å². The van der Waals surface area contributed by atoms with Gasteiger partial charge in [-0.3, -0.25) is 4.79 Å². The predicted octanol–water partition coefficient (Wildman–Crippen LogP) is 3.70. The Labute approximate surface area is 161 Å². The number of hydrogen-bond acceptors (Lipinski definition) is 4. The summed E-state index contributed by atoms with van der Waals surface area (Å²) in [7, 11) is 4.07. The molecule has 0 aliphatic heterocycles. The minimum Gasteiger partial charge on any atom is -0.493 e. The van der Waals surface area contributed by atoms with Crippen molar-refractivity contribution in [3.8, 4) is 5.75 Å². The molecule has 1 amide bonds. The number of anilines is 2. The molecule has 0 saturated carbocycles. The van der Waals surface area contributed by atoms with Gasteiger partial charge in [0.05, 0.1) is 6.61 Å². The third-order valence-corrected chi connectivity index (χ3v) is 3.26. The number of ether oxygens (including phenoxy) is 1. The van der Waals surface area contributed by atoms with Gasteiger partial charge in [-0.25, -0.2) is 0 Å². The molecule has 2 aromatic rings. The fourth-order valence-electron chi connectivity index (χ4n) is 2.12. The maximum Gasteiger partial charge on any atom is 0.255 e. The van der Waals surface area contributed by atoms with Crippen molar-refractivity contribution < 1.29 is 9.53 Å². The van der Waals surface area contributed by atoms with Crippen molar-refractivity contribution in [1.82, 2.24) is 4.90 Å². The lowest BCUT2D eigenvalue weighted by Crippen LogP contribution is -2.15. The summed E-state index contributed by atoms with van der Waals surface area (Å²) >= 11 is 0. The number of rotatable bonds is 7. The van der Waals surface area contributed by atoms with E-state index in [0.717, 1.165) is 18.7 Å². The maximum atomic E-state index is 12.2. The number of benzene rings is 2. The molecule has 0 aliphatic rings. The summed E-state index contributed by atoms with van der Waals surface area (Å²) < 4.78 is 5.71. The van der Waals surface area contributed by atoms with Crippen LogP contribution in [-0.4, -0.2) is 38.1 Å². The number of nitrogens with two attached hydrogens (primary N) is 1. The van der Waals surface area contributed by atoms with Gasteiger partial charge in [-0.1, -0.05) is 12.1 Å². The van der Waals surface area contributed by atoms with E-state index in [0.29, 0.717) is 23.5 Å². The lowest BCUT2D eigenvalue weighted by atomic mass is 10.2. The molecule has 0 bridgehead atoms. The summed E-state index contributed by atoms with van der Waals surface area (Å²) in [6, 6.07) is 14.3. The van der Waals surface area contributed by atoms with Crippen LogP contribution in [0.3, 0.4) is 0 Å². The zero-order chi connectivity index (χ0) is 16.7. The monoisotopic (exact) mass is 385 g/mol. The minimum absolute atomic E-state index is 0. The van der Waals surface area contributed by atoms with Crippen LogP contribution in [-0.2, 0) is 0 Å². The lowest BCUT2D eigenvalue weighted by molar-refractivity contribution is 0.102. The van der Waals surface area contributed by atoms with Crippen LogP contribution in [0, 0.1) is 0 Å². The van der Waals surface area contributed by atoms with Crippen LogP contribution in [0.25, 0.3) is 0 Å². The van der Waals surface area contributed by atoms with Crippen LogP contribution < -0.4 is 15.8 Å². The van der Waals surface area contributed by atoms with Crippen molar-refractivity contribution >= 4 is 42.1 Å². The Kier molecular flexibility index (Phi) is 10.7. The second-order valence-corrected chi connectivity index (χ2v) is 5.61. The van der Waals surface area contributed by atoms with Crippen molar-refractivity contribution in [3.63, 3.8) is 0 Å². The van der Waals surface area contributed by atoms with E-state index < -0.39 is 0 Å². The molecular weight excluding hydrogens is 361 g/mol. The number of halogens is 2. The smallest absolute Gasteiger partial charge is 0.255 e. The highest BCUT2D eigenvalue weighted by Gasteiger charge is 2.07. The van der Waals surface area contributed by atoms with E-state index in [9.17, 15) is 4.79 Å². The summed E-state index contributed by atoms with van der Waals surface area (Å²) in [6.07, 6.45) is 0.951. The van der Waals surface area contributed by atoms with Crippen molar-refractivity contribution in [1.29, 1.82) is 0 Å². The zero-order valence-corrected chi connectivity index (χ0v) is 16.0. The quantitative estimate of drug-likeness (QED) is 0.563. The number of nitrogens with one attached hydrogen (secondary N) is 1. The SMILES string of the molecule is CN(C)CCCOc1cccc(NC(=O)c2cccc(N)c2)c1.Cl.Cl. The summed E-state index contributed by atoms with van der Waals surface area (Å²) in [4.78, 5) is 14.3. The van der Waals surface area contributed by atoms with Gasteiger partial charge in [-0.05, 0) is 50.8 Å². The zero-order valence-electron chi connectivity index (χ0n) is 14.4. The first-order valence-electron chi connectivity index (χ1n) is 7.59. The molecule has 7 heteroatoms. The Bertz CT molecular complexity index is 666. The molecule has 0 fully saturated rings. The number of carbonyl (C=O) groups excluding carboxylic acids is 1. The van der Waals surface area contributed by atoms with Gasteiger partial charge >= 0.3 is 0 Å². The largest absolute Gasteiger partial charge is 0.493 e. The number of hydrogen-bond donors (Lipinski definition) is 2. The number of amides is 1. The standard InChI is InChI=1S/C18H23N3O2.2ClH/c1-21(2)10-5-11-23-17-9-4-8-16(13-17)20-18(22)14-6-3-7-15(19)12-14;;/h3-4,6-9,12-13H,5,10-11,19H2,1-2H3,(H,20,22);2*1H. The van der Waals surface area contributed by atoms with E-state index in [1.807, 2.05) is 38.4 Å². The Morgan fingerprint density at radius 1 is 1.12 bits per heavy atom. The number of nitrogens with zero attached hydrogens (tertiary/aromatic N) is 1. The highest BCUT2D eigenvalue weighted by molar-refractivity contribution is 6.04. The van der Waals surface area contributed by atoms with Crippen LogP contribution in [0.2, 0.25) is 0 Å². The third kappa shape index (κ3) is 8.12. The number of nitrogen functional groups attached to an aromatic ring is 1. The topological polar surface area (TPSA) is 67.6 Å². The summed E-state index contributed by atoms with van der Waals surface area (Å²) in [5, 5.41) is 2.85. The molecule has 2 aromatic carbocycles. The van der Waals surface area contributed by atoms with Gasteiger partial charge in [0, 0.05) is 29.5 Å². The molecule has 5 nitrogen and oxygen atoms in total. The van der Waals surface area contributed by atoms with E-state index in [2.05, 4.69) is 10.2 Å². The molecule has 0 saturated heterocycles. The molecule has 0 radical (unpaired) electrons. The van der Waals surface area contributed by atoms with Gasteiger partial charge in [0.15, 0.2) is 0 Å². The van der Waals surface area contributed by atoms with Crippen LogP contribution >= 0.6 is 24.8 Å². The Balaban J connectivity index is 0.00000288.